The van der Waals surface area contributed by atoms with Gasteiger partial charge in [-0.25, -0.2) is 4.98 Å². The Morgan fingerprint density at radius 2 is 1.93 bits per heavy atom. The number of fused-ring (bicyclic) bond motifs is 2. The lowest BCUT2D eigenvalue weighted by atomic mass is 9.95. The number of hydrogen-bond acceptors (Lipinski definition) is 3. The van der Waals surface area contributed by atoms with Gasteiger partial charge in [0.15, 0.2) is 0 Å². The lowest BCUT2D eigenvalue weighted by Gasteiger charge is -2.29. The Labute approximate surface area is 163 Å². The van der Waals surface area contributed by atoms with Gasteiger partial charge in [0.05, 0.1) is 11.0 Å². The highest BCUT2D eigenvalue weighted by molar-refractivity contribution is 5.77. The van der Waals surface area contributed by atoms with E-state index in [1.807, 2.05) is 41.3 Å². The summed E-state index contributed by atoms with van der Waals surface area (Å²) in [6, 6.07) is 14.0. The monoisotopic (exact) mass is 377 g/mol. The Hall–Kier alpha value is -3.15. The van der Waals surface area contributed by atoms with Crippen LogP contribution in [-0.2, 0) is 35.4 Å². The molecule has 4 rings (SSSR count). The highest BCUT2D eigenvalue weighted by Crippen LogP contribution is 2.22. The highest BCUT2D eigenvalue weighted by atomic mass is 16.4. The van der Waals surface area contributed by atoms with Gasteiger partial charge in [-0.15, -0.1) is 0 Å². The molecule has 2 N–H and O–H groups in total. The Morgan fingerprint density at radius 3 is 2.75 bits per heavy atom. The van der Waals surface area contributed by atoms with E-state index in [-0.39, 0.29) is 12.3 Å². The number of H-pyrrole nitrogens is 1. The average molecular weight is 377 g/mol. The first-order valence-corrected chi connectivity index (χ1v) is 9.62. The summed E-state index contributed by atoms with van der Waals surface area (Å²) >= 11 is 0. The topological polar surface area (TPSA) is 86.3 Å². The van der Waals surface area contributed by atoms with Crippen LogP contribution in [0.1, 0.15) is 35.4 Å². The molecule has 0 atom stereocenters. The molecule has 0 fully saturated rings. The standard InChI is InChI=1S/C22H23N3O3/c26-21(9-8-20-23-18-3-1-2-4-19(18)24-20)25-12-11-16-13-15(6-10-22(27)28)5-7-17(16)14-25/h1-5,7,13H,6,8-12,14H2,(H,23,24)(H,27,28). The van der Waals surface area contributed by atoms with E-state index in [0.717, 1.165) is 34.4 Å². The van der Waals surface area contributed by atoms with Crippen molar-refractivity contribution in [1.29, 1.82) is 0 Å². The van der Waals surface area contributed by atoms with Gasteiger partial charge in [0, 0.05) is 32.4 Å². The number of imidazole rings is 1. The molecule has 3 aromatic rings. The fourth-order valence-corrected chi connectivity index (χ4v) is 3.73. The maximum atomic E-state index is 12.7. The summed E-state index contributed by atoms with van der Waals surface area (Å²) in [7, 11) is 0. The van der Waals surface area contributed by atoms with E-state index < -0.39 is 5.97 Å². The number of nitrogens with one attached hydrogen (secondary N) is 1. The summed E-state index contributed by atoms with van der Waals surface area (Å²) < 4.78 is 0. The first-order valence-electron chi connectivity index (χ1n) is 9.62. The van der Waals surface area contributed by atoms with Crippen LogP contribution in [-0.4, -0.2) is 38.4 Å². The second-order valence-electron chi connectivity index (χ2n) is 7.26. The van der Waals surface area contributed by atoms with Crippen molar-refractivity contribution in [3.63, 3.8) is 0 Å². The summed E-state index contributed by atoms with van der Waals surface area (Å²) in [6.45, 7) is 1.32. The molecule has 1 aromatic heterocycles. The third kappa shape index (κ3) is 4.06. The molecular weight excluding hydrogens is 354 g/mol. The predicted molar refractivity (Wildman–Crippen MR) is 106 cm³/mol. The van der Waals surface area contributed by atoms with E-state index in [1.165, 1.54) is 5.56 Å². The minimum absolute atomic E-state index is 0.140. The zero-order valence-corrected chi connectivity index (χ0v) is 15.6. The van der Waals surface area contributed by atoms with Crippen LogP contribution in [0.4, 0.5) is 0 Å². The van der Waals surface area contributed by atoms with Crippen LogP contribution in [0.5, 0.6) is 0 Å². The molecule has 6 nitrogen and oxygen atoms in total. The summed E-state index contributed by atoms with van der Waals surface area (Å²) in [6.07, 6.45) is 2.54. The Kier molecular flexibility index (Phi) is 5.10. The van der Waals surface area contributed by atoms with Crippen LogP contribution >= 0.6 is 0 Å². The zero-order chi connectivity index (χ0) is 19.5. The number of carboxylic acids is 1. The molecule has 0 unspecified atom stereocenters. The van der Waals surface area contributed by atoms with Crippen LogP contribution in [0.15, 0.2) is 42.5 Å². The van der Waals surface area contributed by atoms with Gasteiger partial charge in [-0.1, -0.05) is 30.3 Å². The second-order valence-corrected chi connectivity index (χ2v) is 7.26. The summed E-state index contributed by atoms with van der Waals surface area (Å²) in [5, 5.41) is 8.83. The molecule has 0 bridgehead atoms. The molecule has 1 amide bonds. The number of amides is 1. The molecule has 1 aliphatic rings. The number of aromatic nitrogens is 2. The number of carbonyl (C=O) groups is 2. The number of aliphatic carboxylic acids is 1. The fourth-order valence-electron chi connectivity index (χ4n) is 3.73. The van der Waals surface area contributed by atoms with E-state index in [1.54, 1.807) is 0 Å². The fraction of sp³-hybridized carbons (Fsp3) is 0.318. The number of rotatable bonds is 6. The maximum absolute atomic E-state index is 12.7. The molecule has 0 radical (unpaired) electrons. The van der Waals surface area contributed by atoms with Crippen molar-refractivity contribution >= 4 is 22.9 Å². The van der Waals surface area contributed by atoms with Gasteiger partial charge < -0.3 is 15.0 Å². The van der Waals surface area contributed by atoms with Crippen LogP contribution in [0.3, 0.4) is 0 Å². The summed E-state index contributed by atoms with van der Waals surface area (Å²) in [5.74, 6) is 0.204. The zero-order valence-electron chi connectivity index (χ0n) is 15.6. The Morgan fingerprint density at radius 1 is 1.07 bits per heavy atom. The number of para-hydroxylation sites is 2. The predicted octanol–water partition coefficient (Wildman–Crippen LogP) is 3.10. The molecule has 0 saturated heterocycles. The molecule has 28 heavy (non-hydrogen) atoms. The van der Waals surface area contributed by atoms with Crippen molar-refractivity contribution in [2.24, 2.45) is 0 Å². The van der Waals surface area contributed by atoms with Gasteiger partial charge in [-0.05, 0) is 41.7 Å². The van der Waals surface area contributed by atoms with E-state index in [4.69, 9.17) is 5.11 Å². The minimum atomic E-state index is -0.779. The molecule has 0 spiro atoms. The van der Waals surface area contributed by atoms with Gasteiger partial charge in [0.1, 0.15) is 5.82 Å². The number of carboxylic acid groups (broad SMARTS) is 1. The first-order chi connectivity index (χ1) is 13.6. The van der Waals surface area contributed by atoms with Crippen LogP contribution in [0, 0.1) is 0 Å². The number of nitrogens with zero attached hydrogens (tertiary/aromatic N) is 2. The van der Waals surface area contributed by atoms with Crippen molar-refractivity contribution < 1.29 is 14.7 Å². The van der Waals surface area contributed by atoms with Gasteiger partial charge >= 0.3 is 5.97 Å². The number of hydrogen-bond donors (Lipinski definition) is 2. The SMILES string of the molecule is O=C(O)CCc1ccc2c(c1)CCN(C(=O)CCc1nc3ccccc3[nH]1)C2. The van der Waals surface area contributed by atoms with Crippen LogP contribution in [0.25, 0.3) is 11.0 Å². The third-order valence-corrected chi connectivity index (χ3v) is 5.28. The van der Waals surface area contributed by atoms with E-state index in [2.05, 4.69) is 16.0 Å². The van der Waals surface area contributed by atoms with Gasteiger partial charge in [-0.3, -0.25) is 9.59 Å². The number of carbonyl (C=O) groups excluding carboxylic acids is 1. The molecule has 144 valence electrons. The van der Waals surface area contributed by atoms with Crippen LogP contribution in [0.2, 0.25) is 0 Å². The Balaban J connectivity index is 1.35. The number of benzene rings is 2. The minimum Gasteiger partial charge on any atom is -0.481 e. The van der Waals surface area contributed by atoms with Crippen LogP contribution < -0.4 is 0 Å². The lowest BCUT2D eigenvalue weighted by molar-refractivity contribution is -0.137. The average Bonchev–Trinajstić information content (AvgIpc) is 3.13. The molecule has 2 heterocycles. The highest BCUT2D eigenvalue weighted by Gasteiger charge is 2.21. The van der Waals surface area contributed by atoms with Crippen molar-refractivity contribution in [2.45, 2.75) is 38.6 Å². The van der Waals surface area contributed by atoms with Crippen molar-refractivity contribution in [3.8, 4) is 0 Å². The number of aromatic amines is 1. The van der Waals surface area contributed by atoms with E-state index in [9.17, 15) is 9.59 Å². The lowest BCUT2D eigenvalue weighted by Crippen LogP contribution is -2.36. The largest absolute Gasteiger partial charge is 0.481 e. The quantitative estimate of drug-likeness (QED) is 0.691. The van der Waals surface area contributed by atoms with E-state index in [0.29, 0.717) is 32.4 Å². The summed E-state index contributed by atoms with van der Waals surface area (Å²) in [4.78, 5) is 33.1. The third-order valence-electron chi connectivity index (χ3n) is 5.28. The molecule has 0 saturated carbocycles. The normalized spacial score (nSPS) is 13.5. The molecule has 2 aromatic carbocycles. The van der Waals surface area contributed by atoms with E-state index >= 15 is 0 Å². The molecular formula is C22H23N3O3. The summed E-state index contributed by atoms with van der Waals surface area (Å²) in [5.41, 5.74) is 5.35. The van der Waals surface area contributed by atoms with Crippen molar-refractivity contribution in [2.75, 3.05) is 6.54 Å². The molecule has 0 aliphatic carbocycles. The van der Waals surface area contributed by atoms with Gasteiger partial charge in [0.25, 0.3) is 0 Å². The van der Waals surface area contributed by atoms with Crippen molar-refractivity contribution in [1.82, 2.24) is 14.9 Å². The molecule has 6 heteroatoms. The first kappa shape index (κ1) is 18.2. The smallest absolute Gasteiger partial charge is 0.303 e. The van der Waals surface area contributed by atoms with Crippen molar-refractivity contribution in [3.05, 3.63) is 65.0 Å². The van der Waals surface area contributed by atoms with Gasteiger partial charge in [0.2, 0.25) is 5.91 Å². The molecule has 1 aliphatic heterocycles. The maximum Gasteiger partial charge on any atom is 0.303 e. The number of aryl methyl sites for hydroxylation is 2. The Bertz CT molecular complexity index is 992. The van der Waals surface area contributed by atoms with Gasteiger partial charge in [-0.2, -0.15) is 0 Å². The second kappa shape index (κ2) is 7.84.